The van der Waals surface area contributed by atoms with E-state index >= 15 is 0 Å². The molecule has 2 aliphatic rings. The molecule has 7 rings (SSSR count). The molecule has 5 aromatic rings. The minimum atomic E-state index is -0.462. The van der Waals surface area contributed by atoms with Gasteiger partial charge in [0.05, 0.1) is 33.8 Å². The predicted molar refractivity (Wildman–Crippen MR) is 267 cm³/mol. The average Bonchev–Trinajstić information content (AvgIpc) is 3.66. The lowest BCUT2D eigenvalue weighted by Crippen LogP contribution is -2.30. The fourth-order valence-electron chi connectivity index (χ4n) is 8.49. The lowest BCUT2D eigenvalue weighted by atomic mass is 9.65. The van der Waals surface area contributed by atoms with E-state index in [0.717, 1.165) is 58.3 Å². The lowest BCUT2D eigenvalue weighted by molar-refractivity contribution is 0.650. The van der Waals surface area contributed by atoms with Gasteiger partial charge in [-0.3, -0.25) is 4.57 Å². The zero-order chi connectivity index (χ0) is 44.5. The first-order valence-electron chi connectivity index (χ1n) is 22.4. The Morgan fingerprint density at radius 3 is 2.11 bits per heavy atom. The number of hydrogen-bond acceptors (Lipinski definition) is 3. The van der Waals surface area contributed by atoms with Crippen molar-refractivity contribution in [2.24, 2.45) is 4.99 Å². The topological polar surface area (TPSA) is 53.1 Å². The molecule has 1 N–H and O–H groups in total. The van der Waals surface area contributed by atoms with E-state index in [-0.39, 0.29) is 6.04 Å². The van der Waals surface area contributed by atoms with Gasteiger partial charge in [-0.1, -0.05) is 195 Å². The molecule has 4 heteroatoms. The van der Waals surface area contributed by atoms with Gasteiger partial charge < -0.3 is 5.32 Å². The molecular weight excluding hydrogens is 741 g/mol. The number of benzene rings is 4. The second-order valence-corrected chi connectivity index (χ2v) is 14.3. The fraction of sp³-hybridized carbons (Fsp3) is 0.281. The summed E-state index contributed by atoms with van der Waals surface area (Å²) in [6.45, 7) is 27.6. The van der Waals surface area contributed by atoms with Crippen LogP contribution in [0.2, 0.25) is 0 Å². The highest BCUT2D eigenvalue weighted by molar-refractivity contribution is 6.14. The molecule has 0 fully saturated rings. The Morgan fingerprint density at radius 2 is 1.52 bits per heavy atom. The van der Waals surface area contributed by atoms with Crippen molar-refractivity contribution in [3.63, 3.8) is 0 Å². The smallest absolute Gasteiger partial charge is 0.209 e. The van der Waals surface area contributed by atoms with Crippen LogP contribution in [0.4, 0.5) is 0 Å². The Balaban J connectivity index is 0.00000131. The molecule has 2 atom stereocenters. The van der Waals surface area contributed by atoms with Gasteiger partial charge in [-0.05, 0) is 91.8 Å². The molecule has 1 aliphatic heterocycles. The first kappa shape index (κ1) is 47.3. The summed E-state index contributed by atoms with van der Waals surface area (Å²) < 4.78 is 2.22. The van der Waals surface area contributed by atoms with Crippen LogP contribution in [0, 0.1) is 11.3 Å². The molecule has 0 amide bonds. The van der Waals surface area contributed by atoms with Gasteiger partial charge >= 0.3 is 0 Å². The Hall–Kier alpha value is -6.40. The fourth-order valence-corrected chi connectivity index (χ4v) is 8.49. The van der Waals surface area contributed by atoms with Crippen LogP contribution in [0.15, 0.2) is 179 Å². The maximum atomic E-state index is 10.1. The lowest BCUT2D eigenvalue weighted by Gasteiger charge is -2.37. The van der Waals surface area contributed by atoms with Crippen LogP contribution in [-0.2, 0) is 5.41 Å². The number of hydrogen-bond donors (Lipinski definition) is 1. The molecule has 61 heavy (non-hydrogen) atoms. The molecule has 314 valence electrons. The maximum Gasteiger partial charge on any atom is 0.209 e. The summed E-state index contributed by atoms with van der Waals surface area (Å²) in [4.78, 5) is 5.39. The Bertz CT molecular complexity index is 2550. The van der Waals surface area contributed by atoms with Crippen LogP contribution in [0.25, 0.3) is 33.1 Å². The summed E-state index contributed by atoms with van der Waals surface area (Å²) in [5.41, 5.74) is 16.0. The van der Waals surface area contributed by atoms with E-state index in [0.29, 0.717) is 11.5 Å². The molecule has 2 unspecified atom stereocenters. The molecule has 2 heterocycles. The SMILES string of the molecule is C=C(/C=C\C1=C(C)C(/C(C)=C/C=C\C)(/C(=C/CC)CCC)c2cc(C#N)ccc21)C1C=C=C(c2ccccc2)NC(n2c3ccccc3c3ccccc32)=N1.CC.CC.CC. The number of aliphatic imine (C=N–C) groups is 1. The highest BCUT2D eigenvalue weighted by Crippen LogP contribution is 2.56. The van der Waals surface area contributed by atoms with Gasteiger partial charge in [0.25, 0.3) is 0 Å². The van der Waals surface area contributed by atoms with Crippen molar-refractivity contribution >= 4 is 39.0 Å². The van der Waals surface area contributed by atoms with Crippen molar-refractivity contribution in [1.82, 2.24) is 9.88 Å². The quantitative estimate of drug-likeness (QED) is 0.0868. The number of aromatic nitrogens is 1. The minimum Gasteiger partial charge on any atom is -0.319 e. The van der Waals surface area contributed by atoms with Gasteiger partial charge in [0, 0.05) is 16.3 Å². The van der Waals surface area contributed by atoms with E-state index in [9.17, 15) is 5.26 Å². The molecule has 0 saturated heterocycles. The standard InChI is InChI=1S/C51H48N4.3C2H6/c1-7-10-20-36(5)51(40(18-8-2)19-9-3)37(6)41(42-30-28-38(34-52)33-45(42)51)29-27-35(4)46-31-32-47(39-21-12-11-13-22-39)54-50(53-46)55-48-25-16-14-23-43(48)44-24-15-17-26-49(44)55;3*1-2/h7,10-18,20-31,33,46H,4,8-9,19H2,1-3,5-6H3,(H,53,54);3*1-2H3/b10-7-,29-27-,36-20+,40-18+;;;. The second kappa shape index (κ2) is 22.8. The van der Waals surface area contributed by atoms with E-state index in [1.165, 1.54) is 33.1 Å². The third kappa shape index (κ3) is 9.49. The summed E-state index contributed by atoms with van der Waals surface area (Å²) in [6.07, 6.45) is 18.1. The molecule has 0 saturated carbocycles. The molecule has 1 aromatic heterocycles. The van der Waals surface area contributed by atoms with Crippen molar-refractivity contribution in [2.45, 2.75) is 107 Å². The Kier molecular flexibility index (Phi) is 17.7. The summed E-state index contributed by atoms with van der Waals surface area (Å²) in [5, 5.41) is 16.1. The van der Waals surface area contributed by atoms with Gasteiger partial charge in [-0.25, -0.2) is 4.99 Å². The molecule has 4 nitrogen and oxygen atoms in total. The number of fused-ring (bicyclic) bond motifs is 4. The van der Waals surface area contributed by atoms with Gasteiger partial charge in [0.15, 0.2) is 0 Å². The summed E-state index contributed by atoms with van der Waals surface area (Å²) in [6, 6.07) is 35.5. The molecule has 0 spiro atoms. The first-order valence-corrected chi connectivity index (χ1v) is 22.4. The summed E-state index contributed by atoms with van der Waals surface area (Å²) in [7, 11) is 0. The number of nitriles is 1. The van der Waals surface area contributed by atoms with Crippen molar-refractivity contribution < 1.29 is 0 Å². The average molecular weight is 807 g/mol. The van der Waals surface area contributed by atoms with Crippen molar-refractivity contribution in [1.29, 1.82) is 5.26 Å². The third-order valence-corrected chi connectivity index (χ3v) is 11.0. The van der Waals surface area contributed by atoms with Gasteiger partial charge in [-0.15, -0.1) is 0 Å². The number of para-hydroxylation sites is 2. The Labute approximate surface area is 367 Å². The van der Waals surface area contributed by atoms with Gasteiger partial charge in [-0.2, -0.15) is 5.26 Å². The summed E-state index contributed by atoms with van der Waals surface area (Å²) in [5.74, 6) is 0.709. The molecule has 1 aliphatic carbocycles. The van der Waals surface area contributed by atoms with Crippen LogP contribution in [-0.4, -0.2) is 16.6 Å². The summed E-state index contributed by atoms with van der Waals surface area (Å²) >= 11 is 0. The van der Waals surface area contributed by atoms with E-state index in [1.807, 2.05) is 71.9 Å². The van der Waals surface area contributed by atoms with E-state index in [4.69, 9.17) is 4.99 Å². The minimum absolute atomic E-state index is 0.389. The number of nitrogens with one attached hydrogen (secondary N) is 1. The van der Waals surface area contributed by atoms with Gasteiger partial charge in [0.1, 0.15) is 6.04 Å². The van der Waals surface area contributed by atoms with E-state index in [1.54, 1.807) is 0 Å². The van der Waals surface area contributed by atoms with E-state index < -0.39 is 5.41 Å². The molecular formula is C57H66N4. The first-order chi connectivity index (χ1) is 29.9. The molecule has 0 radical (unpaired) electrons. The monoisotopic (exact) mass is 807 g/mol. The van der Waals surface area contributed by atoms with Crippen LogP contribution in [0.3, 0.4) is 0 Å². The number of rotatable bonds is 10. The second-order valence-electron chi connectivity index (χ2n) is 14.3. The highest BCUT2D eigenvalue weighted by atomic mass is 15.2. The molecule has 0 bridgehead atoms. The van der Waals surface area contributed by atoms with Crippen molar-refractivity contribution in [2.75, 3.05) is 0 Å². The highest BCUT2D eigenvalue weighted by Gasteiger charge is 2.46. The van der Waals surface area contributed by atoms with Crippen LogP contribution in [0.1, 0.15) is 118 Å². The van der Waals surface area contributed by atoms with E-state index in [2.05, 4.69) is 172 Å². The van der Waals surface area contributed by atoms with Crippen LogP contribution in [0.5, 0.6) is 0 Å². The van der Waals surface area contributed by atoms with Crippen molar-refractivity contribution in [3.05, 3.63) is 196 Å². The van der Waals surface area contributed by atoms with Crippen LogP contribution < -0.4 is 5.32 Å². The van der Waals surface area contributed by atoms with Crippen molar-refractivity contribution in [3.8, 4) is 6.07 Å². The Morgan fingerprint density at radius 1 is 0.902 bits per heavy atom. The third-order valence-electron chi connectivity index (χ3n) is 11.0. The maximum absolute atomic E-state index is 10.1. The molecule has 4 aromatic carbocycles. The van der Waals surface area contributed by atoms with Gasteiger partial charge in [0.2, 0.25) is 5.96 Å². The zero-order valence-corrected chi connectivity index (χ0v) is 38.5. The predicted octanol–water partition coefficient (Wildman–Crippen LogP) is 15.6. The normalized spacial score (nSPS) is 17.2. The largest absolute Gasteiger partial charge is 0.319 e. The van der Waals surface area contributed by atoms with Crippen LogP contribution >= 0.6 is 0 Å². The zero-order valence-electron chi connectivity index (χ0n) is 38.5. The number of allylic oxidation sites excluding steroid dienone is 9. The number of nitrogens with zero attached hydrogens (tertiary/aromatic N) is 3.